The van der Waals surface area contributed by atoms with Gasteiger partial charge in [-0.1, -0.05) is 0 Å². The Kier molecular flexibility index (Phi) is 13.5. The van der Waals surface area contributed by atoms with Gasteiger partial charge in [-0.25, -0.2) is 0 Å². The number of carboxylic acid groups (broad SMARTS) is 2. The van der Waals surface area contributed by atoms with Gasteiger partial charge in [0, 0.05) is 12.8 Å². The van der Waals surface area contributed by atoms with E-state index in [2.05, 4.69) is 16.0 Å². The Morgan fingerprint density at radius 2 is 1.37 bits per heavy atom. The summed E-state index contributed by atoms with van der Waals surface area (Å²) in [5.41, 5.74) is 10.7. The molecule has 0 saturated heterocycles. The van der Waals surface area contributed by atoms with Crippen molar-refractivity contribution in [3.63, 3.8) is 0 Å². The van der Waals surface area contributed by atoms with Crippen LogP contribution in [0.15, 0.2) is 0 Å². The molecule has 198 valence electrons. The topological polar surface area (TPSA) is 280 Å². The van der Waals surface area contributed by atoms with Crippen molar-refractivity contribution in [3.8, 4) is 0 Å². The second kappa shape index (κ2) is 15.2. The number of aliphatic hydroxyl groups is 1. The van der Waals surface area contributed by atoms with Crippen molar-refractivity contribution >= 4 is 41.5 Å². The van der Waals surface area contributed by atoms with E-state index in [0.29, 0.717) is 0 Å². The monoisotopic (exact) mass is 504 g/mol. The Morgan fingerprint density at radius 1 is 0.771 bits per heavy atom. The van der Waals surface area contributed by atoms with Crippen molar-refractivity contribution in [1.82, 2.24) is 21.3 Å². The highest BCUT2D eigenvalue weighted by Crippen LogP contribution is 2.03. The van der Waals surface area contributed by atoms with Gasteiger partial charge in [-0.2, -0.15) is 0 Å². The van der Waals surface area contributed by atoms with Crippen LogP contribution in [0.25, 0.3) is 0 Å². The van der Waals surface area contributed by atoms with Gasteiger partial charge in [0.2, 0.25) is 29.5 Å². The van der Waals surface area contributed by atoms with E-state index in [1.54, 1.807) is 0 Å². The van der Waals surface area contributed by atoms with E-state index in [-0.39, 0.29) is 25.7 Å². The van der Waals surface area contributed by atoms with E-state index in [0.717, 1.165) is 6.92 Å². The van der Waals surface area contributed by atoms with Gasteiger partial charge < -0.3 is 48.1 Å². The van der Waals surface area contributed by atoms with Crippen molar-refractivity contribution in [2.24, 2.45) is 11.5 Å². The van der Waals surface area contributed by atoms with Crippen LogP contribution in [0, 0.1) is 0 Å². The fourth-order valence-corrected chi connectivity index (χ4v) is 2.58. The maximum absolute atomic E-state index is 12.7. The number of primary amides is 1. The summed E-state index contributed by atoms with van der Waals surface area (Å²) in [5.74, 6) is -7.00. The van der Waals surface area contributed by atoms with Gasteiger partial charge in [-0.3, -0.25) is 33.6 Å². The van der Waals surface area contributed by atoms with E-state index >= 15 is 0 Å². The standard InChI is InChI=1S/C19H32N6O10/c1-8(23-17(33)10(20)3-6-13(28)29)16(32)24-11(4-5-12(21)27)18(34)25-15(9(2)26)19(35)22-7-14(30)31/h8-11,15,26H,3-7,20H2,1-2H3,(H2,21,27)(H,22,35)(H,23,33)(H,24,32)(H,25,34)(H,28,29)(H,30,31)/t8-,9+,10-,11-,15-/m0/s1. The third-order valence-corrected chi connectivity index (χ3v) is 4.55. The highest BCUT2D eigenvalue weighted by Gasteiger charge is 2.31. The molecule has 0 saturated carbocycles. The van der Waals surface area contributed by atoms with E-state index in [1.807, 2.05) is 5.32 Å². The Bertz CT molecular complexity index is 818. The van der Waals surface area contributed by atoms with Crippen LogP contribution < -0.4 is 32.7 Å². The lowest BCUT2D eigenvalue weighted by Crippen LogP contribution is -2.59. The highest BCUT2D eigenvalue weighted by molar-refractivity contribution is 5.95. The zero-order valence-corrected chi connectivity index (χ0v) is 19.3. The van der Waals surface area contributed by atoms with Gasteiger partial charge in [0.05, 0.1) is 12.1 Å². The van der Waals surface area contributed by atoms with Crippen LogP contribution in [0.3, 0.4) is 0 Å². The Balaban J connectivity index is 5.29. The van der Waals surface area contributed by atoms with E-state index < -0.39 is 78.3 Å². The van der Waals surface area contributed by atoms with Gasteiger partial charge in [0.15, 0.2) is 0 Å². The summed E-state index contributed by atoms with van der Waals surface area (Å²) in [6.07, 6.45) is -2.64. The third-order valence-electron chi connectivity index (χ3n) is 4.55. The molecule has 16 heteroatoms. The van der Waals surface area contributed by atoms with Gasteiger partial charge in [0.25, 0.3) is 0 Å². The predicted octanol–water partition coefficient (Wildman–Crippen LogP) is -4.50. The zero-order chi connectivity index (χ0) is 27.3. The Morgan fingerprint density at radius 3 is 1.86 bits per heavy atom. The Hall–Kier alpha value is -3.79. The van der Waals surface area contributed by atoms with Gasteiger partial charge in [-0.15, -0.1) is 0 Å². The molecule has 0 heterocycles. The number of aliphatic carboxylic acids is 2. The lowest BCUT2D eigenvalue weighted by Gasteiger charge is -2.25. The molecule has 35 heavy (non-hydrogen) atoms. The third kappa shape index (κ3) is 12.9. The molecule has 5 atom stereocenters. The minimum atomic E-state index is -1.58. The first-order valence-electron chi connectivity index (χ1n) is 10.5. The van der Waals surface area contributed by atoms with Gasteiger partial charge in [0.1, 0.15) is 24.7 Å². The second-order valence-electron chi connectivity index (χ2n) is 7.67. The molecular weight excluding hydrogens is 472 g/mol. The first-order valence-corrected chi connectivity index (χ1v) is 10.5. The number of carbonyl (C=O) groups is 7. The highest BCUT2D eigenvalue weighted by atomic mass is 16.4. The van der Waals surface area contributed by atoms with Crippen molar-refractivity contribution in [3.05, 3.63) is 0 Å². The fourth-order valence-electron chi connectivity index (χ4n) is 2.58. The van der Waals surface area contributed by atoms with Crippen LogP contribution in [-0.2, 0) is 33.6 Å². The number of nitrogens with one attached hydrogen (secondary N) is 4. The summed E-state index contributed by atoms with van der Waals surface area (Å²) < 4.78 is 0. The SMILES string of the molecule is C[C@H](NC(=O)[C@@H](N)CCC(=O)O)C(=O)N[C@@H](CCC(N)=O)C(=O)N[C@H](C(=O)NCC(=O)O)[C@@H](C)O. The quantitative estimate of drug-likeness (QED) is 0.0965. The number of hydrogen-bond acceptors (Lipinski definition) is 9. The maximum Gasteiger partial charge on any atom is 0.322 e. The van der Waals surface area contributed by atoms with Crippen molar-refractivity contribution in [2.75, 3.05) is 6.54 Å². The summed E-state index contributed by atoms with van der Waals surface area (Å²) in [6, 6.07) is -5.44. The molecule has 5 amide bonds. The summed E-state index contributed by atoms with van der Waals surface area (Å²) in [6.45, 7) is 1.65. The van der Waals surface area contributed by atoms with Crippen LogP contribution in [-0.4, -0.2) is 93.6 Å². The molecule has 0 radical (unpaired) electrons. The second-order valence-corrected chi connectivity index (χ2v) is 7.67. The van der Waals surface area contributed by atoms with Crippen molar-refractivity contribution < 1.29 is 48.9 Å². The summed E-state index contributed by atoms with van der Waals surface area (Å²) in [5, 5.41) is 35.8. The number of carbonyl (C=O) groups excluding carboxylic acids is 5. The van der Waals surface area contributed by atoms with Gasteiger partial charge in [-0.05, 0) is 26.7 Å². The van der Waals surface area contributed by atoms with Crippen molar-refractivity contribution in [2.45, 2.75) is 69.8 Å². The molecule has 0 spiro atoms. The van der Waals surface area contributed by atoms with Crippen LogP contribution in [0.1, 0.15) is 39.5 Å². The van der Waals surface area contributed by atoms with Crippen LogP contribution in [0.2, 0.25) is 0 Å². The molecule has 0 rings (SSSR count). The predicted molar refractivity (Wildman–Crippen MR) is 117 cm³/mol. The number of carboxylic acids is 2. The molecule has 0 aliphatic heterocycles. The minimum absolute atomic E-state index is 0.177. The molecule has 16 nitrogen and oxygen atoms in total. The molecular formula is C19H32N6O10. The average molecular weight is 504 g/mol. The number of hydrogen-bond donors (Lipinski definition) is 9. The number of aliphatic hydroxyl groups excluding tert-OH is 1. The summed E-state index contributed by atoms with van der Waals surface area (Å²) in [7, 11) is 0. The molecule has 0 aliphatic rings. The molecule has 0 bridgehead atoms. The molecule has 0 unspecified atom stereocenters. The molecule has 0 aromatic carbocycles. The minimum Gasteiger partial charge on any atom is -0.481 e. The van der Waals surface area contributed by atoms with Crippen molar-refractivity contribution in [1.29, 1.82) is 0 Å². The zero-order valence-electron chi connectivity index (χ0n) is 19.3. The van der Waals surface area contributed by atoms with Crippen LogP contribution in [0.4, 0.5) is 0 Å². The first-order chi connectivity index (χ1) is 16.1. The van der Waals surface area contributed by atoms with E-state index in [1.165, 1.54) is 6.92 Å². The number of nitrogens with two attached hydrogens (primary N) is 2. The smallest absolute Gasteiger partial charge is 0.322 e. The lowest BCUT2D eigenvalue weighted by atomic mass is 10.1. The maximum atomic E-state index is 12.7. The molecule has 11 N–H and O–H groups in total. The van der Waals surface area contributed by atoms with E-state index in [4.69, 9.17) is 21.7 Å². The summed E-state index contributed by atoms with van der Waals surface area (Å²) in [4.78, 5) is 81.8. The van der Waals surface area contributed by atoms with Gasteiger partial charge >= 0.3 is 11.9 Å². The van der Waals surface area contributed by atoms with E-state index in [9.17, 15) is 38.7 Å². The largest absolute Gasteiger partial charge is 0.481 e. The normalized spacial score (nSPS) is 14.9. The van der Waals surface area contributed by atoms with Crippen LogP contribution >= 0.6 is 0 Å². The summed E-state index contributed by atoms with van der Waals surface area (Å²) >= 11 is 0. The molecule has 0 aromatic rings. The molecule has 0 aliphatic carbocycles. The lowest BCUT2D eigenvalue weighted by molar-refractivity contribution is -0.139. The fraction of sp³-hybridized carbons (Fsp3) is 0.632. The molecule has 0 aromatic heterocycles. The number of amides is 5. The Labute approximate surface area is 200 Å². The first kappa shape index (κ1) is 31.2. The number of rotatable bonds is 16. The molecule has 0 fully saturated rings. The van der Waals surface area contributed by atoms with Crippen LogP contribution in [0.5, 0.6) is 0 Å². The average Bonchev–Trinajstić information content (AvgIpc) is 2.75.